The number of nitrogens with zero attached hydrogens (tertiary/aromatic N) is 2. The molecule has 25 heavy (non-hydrogen) atoms. The number of piperazine rings is 1. The molecule has 1 aromatic heterocycles. The van der Waals surface area contributed by atoms with E-state index < -0.39 is 0 Å². The van der Waals surface area contributed by atoms with E-state index >= 15 is 0 Å². The van der Waals surface area contributed by atoms with Gasteiger partial charge in [0.05, 0.1) is 6.42 Å². The lowest BCUT2D eigenvalue weighted by Crippen LogP contribution is -2.49. The third-order valence-corrected chi connectivity index (χ3v) is 4.84. The largest absolute Gasteiger partial charge is 0.361 e. The first kappa shape index (κ1) is 17.5. The van der Waals surface area contributed by atoms with Gasteiger partial charge in [-0.25, -0.2) is 0 Å². The van der Waals surface area contributed by atoms with E-state index in [1.165, 1.54) is 5.56 Å². The fraction of sp³-hybridized carbons (Fsp3) is 0.474. The summed E-state index contributed by atoms with van der Waals surface area (Å²) in [5.74, 6) is 0.186. The van der Waals surface area contributed by atoms with Crippen LogP contribution in [0, 0.1) is 6.92 Å². The summed E-state index contributed by atoms with van der Waals surface area (Å²) in [7, 11) is 0. The van der Waals surface area contributed by atoms with Gasteiger partial charge in [0.2, 0.25) is 11.8 Å². The van der Waals surface area contributed by atoms with E-state index in [0.29, 0.717) is 13.0 Å². The summed E-state index contributed by atoms with van der Waals surface area (Å²) < 4.78 is 0. The smallest absolute Gasteiger partial charge is 0.224 e. The van der Waals surface area contributed by atoms with E-state index in [4.69, 9.17) is 0 Å². The highest BCUT2D eigenvalue weighted by Crippen LogP contribution is 2.19. The van der Waals surface area contributed by atoms with Gasteiger partial charge in [-0.05, 0) is 24.1 Å². The van der Waals surface area contributed by atoms with Crippen LogP contribution in [0.25, 0.3) is 10.9 Å². The van der Waals surface area contributed by atoms with Gasteiger partial charge in [0.15, 0.2) is 0 Å². The van der Waals surface area contributed by atoms with Gasteiger partial charge in [0.1, 0.15) is 0 Å². The average molecular weight is 342 g/mol. The maximum atomic E-state index is 12.2. The maximum absolute atomic E-state index is 12.2. The summed E-state index contributed by atoms with van der Waals surface area (Å²) in [6.45, 7) is 8.43. The zero-order chi connectivity index (χ0) is 17.8. The van der Waals surface area contributed by atoms with Crippen molar-refractivity contribution in [2.24, 2.45) is 0 Å². The van der Waals surface area contributed by atoms with Crippen molar-refractivity contribution in [3.05, 3.63) is 35.5 Å². The third-order valence-electron chi connectivity index (χ3n) is 4.84. The summed E-state index contributed by atoms with van der Waals surface area (Å²) in [6.07, 6.45) is 2.31. The van der Waals surface area contributed by atoms with Crippen LogP contribution in [0.4, 0.5) is 0 Å². The van der Waals surface area contributed by atoms with Gasteiger partial charge in [-0.2, -0.15) is 0 Å². The molecule has 0 aliphatic carbocycles. The van der Waals surface area contributed by atoms with Crippen molar-refractivity contribution in [2.75, 3.05) is 39.3 Å². The first-order valence-electron chi connectivity index (χ1n) is 8.84. The molecule has 1 fully saturated rings. The van der Waals surface area contributed by atoms with Crippen molar-refractivity contribution in [1.82, 2.24) is 20.1 Å². The minimum atomic E-state index is 0.0452. The Balaban J connectivity index is 1.43. The number of benzene rings is 1. The zero-order valence-corrected chi connectivity index (χ0v) is 15.0. The van der Waals surface area contributed by atoms with Crippen molar-refractivity contribution in [3.63, 3.8) is 0 Å². The first-order chi connectivity index (χ1) is 12.0. The fourth-order valence-electron chi connectivity index (χ4n) is 3.32. The molecule has 1 aliphatic rings. The van der Waals surface area contributed by atoms with Gasteiger partial charge in [-0.3, -0.25) is 14.5 Å². The Kier molecular flexibility index (Phi) is 5.38. The number of H-pyrrole nitrogens is 1. The highest BCUT2D eigenvalue weighted by molar-refractivity contribution is 5.89. The fourth-order valence-corrected chi connectivity index (χ4v) is 3.32. The minimum absolute atomic E-state index is 0.0452. The molecule has 0 saturated carbocycles. The minimum Gasteiger partial charge on any atom is -0.361 e. The molecule has 2 aromatic rings. The number of aromatic nitrogens is 1. The van der Waals surface area contributed by atoms with Crippen LogP contribution in [-0.2, 0) is 16.0 Å². The molecule has 0 bridgehead atoms. The lowest BCUT2D eigenvalue weighted by Gasteiger charge is -2.34. The topological polar surface area (TPSA) is 68.4 Å². The number of fused-ring (bicyclic) bond motifs is 1. The Morgan fingerprint density at radius 3 is 2.68 bits per heavy atom. The van der Waals surface area contributed by atoms with Gasteiger partial charge >= 0.3 is 0 Å². The van der Waals surface area contributed by atoms with Crippen LogP contribution in [-0.4, -0.2) is 65.9 Å². The average Bonchev–Trinajstić information content (AvgIpc) is 2.97. The molecule has 2 heterocycles. The molecule has 2 N–H and O–H groups in total. The monoisotopic (exact) mass is 342 g/mol. The number of nitrogens with one attached hydrogen (secondary N) is 2. The second kappa shape index (κ2) is 7.70. The Bertz CT molecular complexity index is 760. The standard InChI is InChI=1S/C19H26N4O2/c1-14-3-4-17-16(13-21-18(17)11-14)12-19(25)20-5-6-22-7-9-23(10-8-22)15(2)24/h3-4,11,13,21H,5-10,12H2,1-2H3,(H,20,25). The van der Waals surface area contributed by atoms with Crippen LogP contribution in [0.15, 0.2) is 24.4 Å². The molecule has 6 heteroatoms. The number of amides is 2. The number of hydrogen-bond donors (Lipinski definition) is 2. The van der Waals surface area contributed by atoms with E-state index in [1.807, 2.05) is 11.1 Å². The summed E-state index contributed by atoms with van der Waals surface area (Å²) in [5, 5.41) is 4.12. The lowest BCUT2D eigenvalue weighted by atomic mass is 10.1. The van der Waals surface area contributed by atoms with Crippen LogP contribution in [0.1, 0.15) is 18.1 Å². The van der Waals surface area contributed by atoms with E-state index in [2.05, 4.69) is 40.3 Å². The molecule has 0 unspecified atom stereocenters. The number of hydrogen-bond acceptors (Lipinski definition) is 3. The van der Waals surface area contributed by atoms with Crippen molar-refractivity contribution < 1.29 is 9.59 Å². The van der Waals surface area contributed by atoms with Crippen LogP contribution in [0.5, 0.6) is 0 Å². The Morgan fingerprint density at radius 2 is 1.96 bits per heavy atom. The van der Waals surface area contributed by atoms with Crippen molar-refractivity contribution >= 4 is 22.7 Å². The highest BCUT2D eigenvalue weighted by Gasteiger charge is 2.18. The van der Waals surface area contributed by atoms with Gasteiger partial charge in [0.25, 0.3) is 0 Å². The summed E-state index contributed by atoms with van der Waals surface area (Å²) >= 11 is 0. The Morgan fingerprint density at radius 1 is 1.20 bits per heavy atom. The molecular formula is C19H26N4O2. The van der Waals surface area contributed by atoms with Crippen molar-refractivity contribution in [2.45, 2.75) is 20.3 Å². The Hall–Kier alpha value is -2.34. The molecule has 2 amide bonds. The van der Waals surface area contributed by atoms with E-state index in [1.54, 1.807) is 6.92 Å². The second-order valence-electron chi connectivity index (χ2n) is 6.74. The zero-order valence-electron chi connectivity index (χ0n) is 15.0. The number of aromatic amines is 1. The summed E-state index contributed by atoms with van der Waals surface area (Å²) in [5.41, 5.74) is 3.31. The number of carbonyl (C=O) groups is 2. The van der Waals surface area contributed by atoms with Crippen LogP contribution < -0.4 is 5.32 Å². The molecule has 0 atom stereocenters. The van der Waals surface area contributed by atoms with E-state index in [9.17, 15) is 9.59 Å². The van der Waals surface area contributed by atoms with Crippen LogP contribution >= 0.6 is 0 Å². The van der Waals surface area contributed by atoms with Crippen LogP contribution in [0.3, 0.4) is 0 Å². The maximum Gasteiger partial charge on any atom is 0.224 e. The number of aryl methyl sites for hydroxylation is 1. The molecule has 1 saturated heterocycles. The molecule has 6 nitrogen and oxygen atoms in total. The molecule has 1 aliphatic heterocycles. The predicted octanol–water partition coefficient (Wildman–Crippen LogP) is 1.30. The molecule has 134 valence electrons. The molecule has 0 radical (unpaired) electrons. The predicted molar refractivity (Wildman–Crippen MR) is 98.4 cm³/mol. The molecule has 0 spiro atoms. The third kappa shape index (κ3) is 4.39. The normalized spacial score (nSPS) is 15.5. The summed E-state index contributed by atoms with van der Waals surface area (Å²) in [4.78, 5) is 30.9. The van der Waals surface area contributed by atoms with Gasteiger partial charge < -0.3 is 15.2 Å². The first-order valence-corrected chi connectivity index (χ1v) is 8.84. The van der Waals surface area contributed by atoms with Crippen molar-refractivity contribution in [1.29, 1.82) is 0 Å². The number of rotatable bonds is 5. The molecule has 3 rings (SSSR count). The SMILES string of the molecule is CC(=O)N1CCN(CCNC(=O)Cc2c[nH]c3cc(C)ccc23)CC1. The van der Waals surface area contributed by atoms with E-state index in [0.717, 1.165) is 49.2 Å². The number of carbonyl (C=O) groups excluding carboxylic acids is 2. The quantitative estimate of drug-likeness (QED) is 0.861. The highest BCUT2D eigenvalue weighted by atomic mass is 16.2. The second-order valence-corrected chi connectivity index (χ2v) is 6.74. The molecule has 1 aromatic carbocycles. The summed E-state index contributed by atoms with van der Waals surface area (Å²) in [6, 6.07) is 6.23. The molecular weight excluding hydrogens is 316 g/mol. The van der Waals surface area contributed by atoms with Gasteiger partial charge in [-0.15, -0.1) is 0 Å². The van der Waals surface area contributed by atoms with E-state index in [-0.39, 0.29) is 11.8 Å². The van der Waals surface area contributed by atoms with Gasteiger partial charge in [-0.1, -0.05) is 12.1 Å². The van der Waals surface area contributed by atoms with Gasteiger partial charge in [0, 0.05) is 63.3 Å². The van der Waals surface area contributed by atoms with Crippen LogP contribution in [0.2, 0.25) is 0 Å². The van der Waals surface area contributed by atoms with Crippen molar-refractivity contribution in [3.8, 4) is 0 Å². The Labute approximate surface area is 148 Å². The lowest BCUT2D eigenvalue weighted by molar-refractivity contribution is -0.130.